The number of carbonyl (C=O) groups excluding carboxylic acids is 1. The molecule has 1 rings (SSSR count). The maximum absolute atomic E-state index is 11.9. The summed E-state index contributed by atoms with van der Waals surface area (Å²) in [7, 11) is 1.58. The van der Waals surface area contributed by atoms with Crippen molar-refractivity contribution in [3.8, 4) is 0 Å². The van der Waals surface area contributed by atoms with Crippen LogP contribution in [0.3, 0.4) is 0 Å². The Morgan fingerprint density at radius 1 is 1.25 bits per heavy atom. The van der Waals surface area contributed by atoms with Gasteiger partial charge in [-0.05, 0) is 26.7 Å². The average Bonchev–Trinajstić information content (AvgIpc) is 2.34. The number of aliphatic hydroxyl groups is 1. The summed E-state index contributed by atoms with van der Waals surface area (Å²) in [5.41, 5.74) is -1.80. The fourth-order valence-corrected chi connectivity index (χ4v) is 2.73. The molecular formula is C14H26N2O4. The van der Waals surface area contributed by atoms with Crippen LogP contribution in [0.2, 0.25) is 0 Å². The Bertz CT molecular complexity index is 357. The molecule has 1 fully saturated rings. The van der Waals surface area contributed by atoms with Crippen molar-refractivity contribution < 1.29 is 19.8 Å². The number of carboxylic acids is 1. The number of hydrogen-bond acceptors (Lipinski definition) is 3. The van der Waals surface area contributed by atoms with Crippen LogP contribution < -0.4 is 5.32 Å². The van der Waals surface area contributed by atoms with E-state index in [9.17, 15) is 19.8 Å². The van der Waals surface area contributed by atoms with Gasteiger partial charge >= 0.3 is 12.0 Å². The van der Waals surface area contributed by atoms with Gasteiger partial charge in [0.15, 0.2) is 0 Å². The summed E-state index contributed by atoms with van der Waals surface area (Å²) in [5, 5.41) is 21.8. The van der Waals surface area contributed by atoms with Gasteiger partial charge < -0.3 is 20.4 Å². The predicted octanol–water partition coefficient (Wildman–Crippen LogP) is 1.43. The highest BCUT2D eigenvalue weighted by Crippen LogP contribution is 2.36. The summed E-state index contributed by atoms with van der Waals surface area (Å²) in [6, 6.07) is -0.349. The third kappa shape index (κ3) is 4.67. The van der Waals surface area contributed by atoms with Crippen LogP contribution in [0.1, 0.15) is 46.0 Å². The summed E-state index contributed by atoms with van der Waals surface area (Å²) in [6.45, 7) is 3.59. The van der Waals surface area contributed by atoms with Crippen molar-refractivity contribution >= 4 is 12.0 Å². The number of carbonyl (C=O) groups is 2. The van der Waals surface area contributed by atoms with Crippen molar-refractivity contribution in [1.82, 2.24) is 10.2 Å². The van der Waals surface area contributed by atoms with Crippen molar-refractivity contribution in [3.05, 3.63) is 0 Å². The van der Waals surface area contributed by atoms with Crippen LogP contribution in [-0.4, -0.2) is 52.9 Å². The third-order valence-corrected chi connectivity index (χ3v) is 3.81. The van der Waals surface area contributed by atoms with Gasteiger partial charge in [0.1, 0.15) is 0 Å². The molecule has 0 aliphatic heterocycles. The minimum absolute atomic E-state index is 0.150. The van der Waals surface area contributed by atoms with E-state index < -0.39 is 17.0 Å². The van der Waals surface area contributed by atoms with Gasteiger partial charge in [0.05, 0.1) is 17.6 Å². The molecule has 6 nitrogen and oxygen atoms in total. The van der Waals surface area contributed by atoms with Gasteiger partial charge in [-0.25, -0.2) is 4.79 Å². The lowest BCUT2D eigenvalue weighted by Gasteiger charge is -2.34. The van der Waals surface area contributed by atoms with E-state index in [2.05, 4.69) is 5.32 Å². The van der Waals surface area contributed by atoms with Crippen molar-refractivity contribution in [1.29, 1.82) is 0 Å². The number of nitrogens with zero attached hydrogens (tertiary/aromatic N) is 1. The molecule has 116 valence electrons. The lowest BCUT2D eigenvalue weighted by atomic mass is 9.74. The lowest BCUT2D eigenvalue weighted by Crippen LogP contribution is -2.49. The molecule has 0 aromatic carbocycles. The second-order valence-electron chi connectivity index (χ2n) is 6.47. The zero-order valence-corrected chi connectivity index (χ0v) is 12.6. The molecule has 0 heterocycles. The van der Waals surface area contributed by atoms with Gasteiger partial charge in [0.2, 0.25) is 0 Å². The third-order valence-electron chi connectivity index (χ3n) is 3.81. The molecule has 1 saturated carbocycles. The van der Waals surface area contributed by atoms with Gasteiger partial charge in [-0.2, -0.15) is 0 Å². The van der Waals surface area contributed by atoms with E-state index in [0.717, 1.165) is 19.3 Å². The highest BCUT2D eigenvalue weighted by molar-refractivity contribution is 5.78. The Morgan fingerprint density at radius 3 is 2.25 bits per heavy atom. The summed E-state index contributed by atoms with van der Waals surface area (Å²) in [4.78, 5) is 24.8. The Labute approximate surface area is 120 Å². The molecule has 20 heavy (non-hydrogen) atoms. The standard InChI is InChI=1S/C14H26N2O4/c1-13(2,20)10-16(3)12(19)15-9-14(11(17)18)7-5-4-6-8-14/h20H,4-10H2,1-3H3,(H,15,19)(H,17,18). The number of amides is 2. The van der Waals surface area contributed by atoms with Gasteiger partial charge in [-0.3, -0.25) is 4.79 Å². The number of nitrogens with one attached hydrogen (secondary N) is 1. The number of likely N-dealkylation sites (N-methyl/N-ethyl adjacent to an activating group) is 1. The van der Waals surface area contributed by atoms with E-state index in [-0.39, 0.29) is 19.1 Å². The lowest BCUT2D eigenvalue weighted by molar-refractivity contribution is -0.150. The molecule has 0 spiro atoms. The van der Waals surface area contributed by atoms with E-state index in [1.54, 1.807) is 20.9 Å². The highest BCUT2D eigenvalue weighted by Gasteiger charge is 2.40. The summed E-state index contributed by atoms with van der Waals surface area (Å²) in [6.07, 6.45) is 4.06. The van der Waals surface area contributed by atoms with Crippen molar-refractivity contribution in [2.45, 2.75) is 51.6 Å². The van der Waals surface area contributed by atoms with Crippen LogP contribution >= 0.6 is 0 Å². The van der Waals surface area contributed by atoms with E-state index in [4.69, 9.17) is 0 Å². The number of hydrogen-bond donors (Lipinski definition) is 3. The molecule has 0 aromatic heterocycles. The van der Waals surface area contributed by atoms with Crippen LogP contribution in [0.5, 0.6) is 0 Å². The van der Waals surface area contributed by atoms with Gasteiger partial charge in [-0.15, -0.1) is 0 Å². The van der Waals surface area contributed by atoms with Crippen LogP contribution in [0.4, 0.5) is 4.79 Å². The predicted molar refractivity (Wildman–Crippen MR) is 75.5 cm³/mol. The smallest absolute Gasteiger partial charge is 0.317 e. The molecule has 0 saturated heterocycles. The first-order chi connectivity index (χ1) is 9.16. The Morgan fingerprint density at radius 2 is 1.80 bits per heavy atom. The van der Waals surface area contributed by atoms with Crippen LogP contribution in [-0.2, 0) is 4.79 Å². The Hall–Kier alpha value is -1.30. The molecule has 0 unspecified atom stereocenters. The second-order valence-corrected chi connectivity index (χ2v) is 6.47. The molecular weight excluding hydrogens is 260 g/mol. The second kappa shape index (κ2) is 6.43. The zero-order chi connectivity index (χ0) is 15.4. The van der Waals surface area contributed by atoms with Crippen LogP contribution in [0, 0.1) is 5.41 Å². The minimum atomic E-state index is -0.971. The summed E-state index contributed by atoms with van der Waals surface area (Å²) >= 11 is 0. The number of urea groups is 1. The molecule has 1 aliphatic rings. The monoisotopic (exact) mass is 286 g/mol. The fourth-order valence-electron chi connectivity index (χ4n) is 2.73. The zero-order valence-electron chi connectivity index (χ0n) is 12.6. The van der Waals surface area contributed by atoms with E-state index in [0.29, 0.717) is 12.8 Å². The van der Waals surface area contributed by atoms with E-state index >= 15 is 0 Å². The van der Waals surface area contributed by atoms with Gasteiger partial charge in [-0.1, -0.05) is 19.3 Å². The molecule has 0 atom stereocenters. The number of carboxylic acid groups (broad SMARTS) is 1. The van der Waals surface area contributed by atoms with E-state index in [1.165, 1.54) is 4.90 Å². The molecule has 3 N–H and O–H groups in total. The fraction of sp³-hybridized carbons (Fsp3) is 0.857. The first-order valence-electron chi connectivity index (χ1n) is 7.11. The average molecular weight is 286 g/mol. The van der Waals surface area contributed by atoms with E-state index in [1.807, 2.05) is 0 Å². The molecule has 1 aliphatic carbocycles. The summed E-state index contributed by atoms with van der Waals surface area (Å²) < 4.78 is 0. The molecule has 0 radical (unpaired) electrons. The SMILES string of the molecule is CN(CC(C)(C)O)C(=O)NCC1(C(=O)O)CCCCC1. The normalized spacial score (nSPS) is 18.4. The Balaban J connectivity index is 2.55. The molecule has 0 bridgehead atoms. The molecule has 0 aromatic rings. The first kappa shape index (κ1) is 16.8. The van der Waals surface area contributed by atoms with Crippen LogP contribution in [0.25, 0.3) is 0 Å². The minimum Gasteiger partial charge on any atom is -0.481 e. The quantitative estimate of drug-likeness (QED) is 0.713. The summed E-state index contributed by atoms with van der Waals surface area (Å²) in [5.74, 6) is -0.831. The molecule has 2 amide bonds. The number of rotatable bonds is 5. The largest absolute Gasteiger partial charge is 0.481 e. The van der Waals surface area contributed by atoms with Crippen molar-refractivity contribution in [2.24, 2.45) is 5.41 Å². The van der Waals surface area contributed by atoms with Gasteiger partial charge in [0, 0.05) is 13.6 Å². The maximum atomic E-state index is 11.9. The maximum Gasteiger partial charge on any atom is 0.317 e. The topological polar surface area (TPSA) is 89.9 Å². The Kier molecular flexibility index (Phi) is 5.39. The molecule has 6 heteroatoms. The highest BCUT2D eigenvalue weighted by atomic mass is 16.4. The first-order valence-corrected chi connectivity index (χ1v) is 7.11. The van der Waals surface area contributed by atoms with Crippen LogP contribution in [0.15, 0.2) is 0 Å². The van der Waals surface area contributed by atoms with Gasteiger partial charge in [0.25, 0.3) is 0 Å². The number of aliphatic carboxylic acids is 1. The van der Waals surface area contributed by atoms with Crippen molar-refractivity contribution in [3.63, 3.8) is 0 Å². The van der Waals surface area contributed by atoms with Crippen molar-refractivity contribution in [2.75, 3.05) is 20.1 Å².